The van der Waals surface area contributed by atoms with Gasteiger partial charge in [0, 0.05) is 26.3 Å². The van der Waals surface area contributed by atoms with Crippen molar-refractivity contribution in [2.45, 2.75) is 30.8 Å². The fourth-order valence-corrected chi connectivity index (χ4v) is 3.02. The van der Waals surface area contributed by atoms with E-state index in [-0.39, 0.29) is 5.84 Å². The Kier molecular flexibility index (Phi) is 4.45. The van der Waals surface area contributed by atoms with Crippen molar-refractivity contribution in [3.63, 3.8) is 0 Å². The van der Waals surface area contributed by atoms with Crippen molar-refractivity contribution in [3.8, 4) is 0 Å². The van der Waals surface area contributed by atoms with Crippen LogP contribution < -0.4 is 5.73 Å². The van der Waals surface area contributed by atoms with Crippen LogP contribution in [0.25, 0.3) is 0 Å². The molecule has 0 fully saturated rings. The fraction of sp³-hybridized carbons (Fsp3) is 0.214. The van der Waals surface area contributed by atoms with E-state index in [9.17, 15) is 0 Å². The molecule has 0 aliphatic heterocycles. The summed E-state index contributed by atoms with van der Waals surface area (Å²) < 4.78 is 0.893. The Bertz CT molecular complexity index is 662. The number of halogens is 1. The SMILES string of the molecule is Cc1nc(Sc2ccc(Br)cc2C(=N)N)nc(C)c1C. The van der Waals surface area contributed by atoms with Gasteiger partial charge in [-0.15, -0.1) is 0 Å². The maximum Gasteiger partial charge on any atom is 0.192 e. The molecule has 4 nitrogen and oxygen atoms in total. The smallest absolute Gasteiger partial charge is 0.192 e. The maximum atomic E-state index is 7.66. The average molecular weight is 351 g/mol. The van der Waals surface area contributed by atoms with Gasteiger partial charge < -0.3 is 5.73 Å². The Balaban J connectivity index is 2.42. The highest BCUT2D eigenvalue weighted by Gasteiger charge is 2.11. The van der Waals surface area contributed by atoms with Crippen LogP contribution in [0, 0.1) is 26.2 Å². The van der Waals surface area contributed by atoms with Gasteiger partial charge in [-0.2, -0.15) is 0 Å². The summed E-state index contributed by atoms with van der Waals surface area (Å²) in [5.41, 5.74) is 9.37. The van der Waals surface area contributed by atoms with E-state index in [2.05, 4.69) is 25.9 Å². The Morgan fingerprint density at radius 2 is 1.80 bits per heavy atom. The van der Waals surface area contributed by atoms with Gasteiger partial charge in [0.05, 0.1) is 0 Å². The third-order valence-corrected chi connectivity index (χ3v) is 4.48. The van der Waals surface area contributed by atoms with E-state index in [0.29, 0.717) is 10.7 Å². The molecule has 0 unspecified atom stereocenters. The second kappa shape index (κ2) is 5.93. The van der Waals surface area contributed by atoms with Crippen LogP contribution in [-0.2, 0) is 0 Å². The van der Waals surface area contributed by atoms with E-state index in [1.165, 1.54) is 11.8 Å². The number of nitrogens with zero attached hydrogens (tertiary/aromatic N) is 2. The zero-order valence-corrected chi connectivity index (χ0v) is 13.9. The summed E-state index contributed by atoms with van der Waals surface area (Å²) in [5, 5.41) is 8.34. The zero-order chi connectivity index (χ0) is 14.9. The number of rotatable bonds is 3. The van der Waals surface area contributed by atoms with E-state index in [4.69, 9.17) is 11.1 Å². The summed E-state index contributed by atoms with van der Waals surface area (Å²) in [6.45, 7) is 5.96. The molecule has 0 amide bonds. The van der Waals surface area contributed by atoms with E-state index in [1.54, 1.807) is 0 Å². The minimum atomic E-state index is 0.0364. The van der Waals surface area contributed by atoms with Crippen LogP contribution in [0.15, 0.2) is 32.7 Å². The maximum absolute atomic E-state index is 7.66. The van der Waals surface area contributed by atoms with Crippen molar-refractivity contribution in [2.75, 3.05) is 0 Å². The molecule has 0 bridgehead atoms. The largest absolute Gasteiger partial charge is 0.384 e. The number of nitrogen functional groups attached to an aromatic ring is 1. The Morgan fingerprint density at radius 1 is 1.20 bits per heavy atom. The van der Waals surface area contributed by atoms with Gasteiger partial charge in [-0.1, -0.05) is 15.9 Å². The van der Waals surface area contributed by atoms with Gasteiger partial charge in [-0.05, 0) is 56.3 Å². The predicted molar refractivity (Wildman–Crippen MR) is 85.5 cm³/mol. The normalized spacial score (nSPS) is 10.6. The number of nitrogens with one attached hydrogen (secondary N) is 1. The Hall–Kier alpha value is -1.40. The summed E-state index contributed by atoms with van der Waals surface area (Å²) in [6, 6.07) is 5.67. The highest BCUT2D eigenvalue weighted by atomic mass is 79.9. The van der Waals surface area contributed by atoms with Crippen LogP contribution >= 0.6 is 27.7 Å². The molecular weight excluding hydrogens is 336 g/mol. The third-order valence-electron chi connectivity index (χ3n) is 3.05. The third kappa shape index (κ3) is 3.19. The van der Waals surface area contributed by atoms with E-state index in [0.717, 1.165) is 26.3 Å². The summed E-state index contributed by atoms with van der Waals surface area (Å²) in [4.78, 5) is 9.84. The number of aromatic nitrogens is 2. The summed E-state index contributed by atoms with van der Waals surface area (Å²) >= 11 is 4.81. The summed E-state index contributed by atoms with van der Waals surface area (Å²) in [7, 11) is 0. The van der Waals surface area contributed by atoms with Crippen LogP contribution in [0.4, 0.5) is 0 Å². The van der Waals surface area contributed by atoms with Gasteiger partial charge in [-0.25, -0.2) is 9.97 Å². The molecule has 104 valence electrons. The first-order valence-electron chi connectivity index (χ1n) is 6.02. The molecule has 0 radical (unpaired) electrons. The number of benzene rings is 1. The van der Waals surface area contributed by atoms with E-state index >= 15 is 0 Å². The minimum Gasteiger partial charge on any atom is -0.384 e. The van der Waals surface area contributed by atoms with Crippen LogP contribution in [-0.4, -0.2) is 15.8 Å². The molecule has 0 aliphatic rings. The Labute approximate surface area is 130 Å². The standard InChI is InChI=1S/C14H15BrN4S/c1-7-8(2)18-14(19-9(7)3)20-12-5-4-10(15)6-11(12)13(16)17/h4-6H,1-3H3,(H3,16,17). The van der Waals surface area contributed by atoms with Crippen molar-refractivity contribution >= 4 is 33.5 Å². The van der Waals surface area contributed by atoms with Gasteiger partial charge in [0.2, 0.25) is 0 Å². The molecule has 2 aromatic rings. The lowest BCUT2D eigenvalue weighted by molar-refractivity contribution is 0.881. The van der Waals surface area contributed by atoms with Crippen molar-refractivity contribution in [1.82, 2.24) is 9.97 Å². The first kappa shape index (κ1) is 15.0. The van der Waals surface area contributed by atoms with Crippen LogP contribution in [0.2, 0.25) is 0 Å². The quantitative estimate of drug-likeness (QED) is 0.503. The first-order valence-corrected chi connectivity index (χ1v) is 7.63. The van der Waals surface area contributed by atoms with Crippen LogP contribution in [0.1, 0.15) is 22.5 Å². The van der Waals surface area contributed by atoms with Gasteiger partial charge >= 0.3 is 0 Å². The fourth-order valence-electron chi connectivity index (χ4n) is 1.69. The number of aryl methyl sites for hydroxylation is 2. The van der Waals surface area contributed by atoms with E-state index < -0.39 is 0 Å². The van der Waals surface area contributed by atoms with Crippen LogP contribution in [0.5, 0.6) is 0 Å². The van der Waals surface area contributed by atoms with Crippen molar-refractivity contribution in [3.05, 3.63) is 45.2 Å². The number of nitrogens with two attached hydrogens (primary N) is 1. The second-order valence-electron chi connectivity index (χ2n) is 4.46. The molecule has 1 aromatic heterocycles. The van der Waals surface area contributed by atoms with Crippen molar-refractivity contribution < 1.29 is 0 Å². The molecule has 0 saturated heterocycles. The van der Waals surface area contributed by atoms with Crippen molar-refractivity contribution in [1.29, 1.82) is 5.41 Å². The minimum absolute atomic E-state index is 0.0364. The molecule has 0 spiro atoms. The van der Waals surface area contributed by atoms with Gasteiger partial charge in [-0.3, -0.25) is 5.41 Å². The molecule has 0 atom stereocenters. The molecule has 6 heteroatoms. The first-order chi connectivity index (χ1) is 9.38. The zero-order valence-electron chi connectivity index (χ0n) is 11.5. The molecule has 1 heterocycles. The predicted octanol–water partition coefficient (Wildman–Crippen LogP) is 3.60. The number of hydrogen-bond acceptors (Lipinski definition) is 4. The molecule has 20 heavy (non-hydrogen) atoms. The molecule has 0 saturated carbocycles. The summed E-state index contributed by atoms with van der Waals surface area (Å²) in [6.07, 6.45) is 0. The van der Waals surface area contributed by atoms with Gasteiger partial charge in [0.1, 0.15) is 5.84 Å². The molecular formula is C14H15BrN4S. The van der Waals surface area contributed by atoms with Crippen molar-refractivity contribution in [2.24, 2.45) is 5.73 Å². The molecule has 1 aromatic carbocycles. The van der Waals surface area contributed by atoms with Crippen LogP contribution in [0.3, 0.4) is 0 Å². The van der Waals surface area contributed by atoms with Gasteiger partial charge in [0.15, 0.2) is 5.16 Å². The highest BCUT2D eigenvalue weighted by Crippen LogP contribution is 2.30. The summed E-state index contributed by atoms with van der Waals surface area (Å²) in [5.74, 6) is 0.0364. The number of hydrogen-bond donors (Lipinski definition) is 2. The highest BCUT2D eigenvalue weighted by molar-refractivity contribution is 9.10. The Morgan fingerprint density at radius 3 is 2.35 bits per heavy atom. The topological polar surface area (TPSA) is 75.7 Å². The lowest BCUT2D eigenvalue weighted by Crippen LogP contribution is -2.12. The average Bonchev–Trinajstić information content (AvgIpc) is 2.37. The lowest BCUT2D eigenvalue weighted by atomic mass is 10.2. The van der Waals surface area contributed by atoms with E-state index in [1.807, 2.05) is 39.0 Å². The molecule has 3 N–H and O–H groups in total. The lowest BCUT2D eigenvalue weighted by Gasteiger charge is -2.10. The molecule has 2 rings (SSSR count). The monoisotopic (exact) mass is 350 g/mol. The molecule has 0 aliphatic carbocycles. The van der Waals surface area contributed by atoms with Gasteiger partial charge in [0.25, 0.3) is 0 Å². The second-order valence-corrected chi connectivity index (χ2v) is 6.38. The number of amidine groups is 1.